The number of pyridine rings is 1. The normalized spacial score (nSPS) is 11.4. The summed E-state index contributed by atoms with van der Waals surface area (Å²) in [7, 11) is 1.58. The molecule has 17 heavy (non-hydrogen) atoms. The summed E-state index contributed by atoms with van der Waals surface area (Å²) in [5.74, 6) is 0.599. The lowest BCUT2D eigenvalue weighted by molar-refractivity contribution is 0.371. The SMILES string of the molecule is C1CC1.C=C(OC)c1cnc(Cl)c(C)c1.CC. The summed E-state index contributed by atoms with van der Waals surface area (Å²) in [5, 5.41) is 0.516. The Labute approximate surface area is 110 Å². The van der Waals surface area contributed by atoms with Crippen LogP contribution in [0.2, 0.25) is 5.15 Å². The molecule has 0 N–H and O–H groups in total. The van der Waals surface area contributed by atoms with Crippen molar-refractivity contribution < 1.29 is 4.74 Å². The standard InChI is InChI=1S/C9H10ClNO.C3H6.C2H6/c1-6-4-8(7(2)12-3)5-11-9(6)10;1-2-3-1;1-2/h4-5H,2H2,1,3H3;1-3H2;1-2H3. The van der Waals surface area contributed by atoms with Gasteiger partial charge in [-0.2, -0.15) is 0 Å². The van der Waals surface area contributed by atoms with Crippen LogP contribution in [-0.2, 0) is 4.74 Å². The highest BCUT2D eigenvalue weighted by molar-refractivity contribution is 6.30. The number of hydrogen-bond donors (Lipinski definition) is 0. The lowest BCUT2D eigenvalue weighted by Gasteiger charge is -2.04. The van der Waals surface area contributed by atoms with Gasteiger partial charge in [0.2, 0.25) is 0 Å². The molecule has 0 unspecified atom stereocenters. The Hall–Kier alpha value is -1.02. The van der Waals surface area contributed by atoms with E-state index in [1.165, 1.54) is 19.3 Å². The third kappa shape index (κ3) is 7.01. The van der Waals surface area contributed by atoms with E-state index in [0.717, 1.165) is 11.1 Å². The smallest absolute Gasteiger partial charge is 0.131 e. The number of hydrogen-bond acceptors (Lipinski definition) is 2. The lowest BCUT2D eigenvalue weighted by atomic mass is 10.2. The molecule has 0 spiro atoms. The molecule has 0 aromatic carbocycles. The van der Waals surface area contributed by atoms with Gasteiger partial charge in [-0.1, -0.05) is 51.3 Å². The van der Waals surface area contributed by atoms with Crippen molar-refractivity contribution in [1.82, 2.24) is 4.98 Å². The summed E-state index contributed by atoms with van der Waals surface area (Å²) in [6, 6.07) is 1.89. The fourth-order valence-electron chi connectivity index (χ4n) is 0.828. The second kappa shape index (κ2) is 9.06. The molecule has 3 heteroatoms. The van der Waals surface area contributed by atoms with Gasteiger partial charge in [0.25, 0.3) is 0 Å². The maximum absolute atomic E-state index is 5.75. The van der Waals surface area contributed by atoms with Crippen molar-refractivity contribution in [3.63, 3.8) is 0 Å². The highest BCUT2D eigenvalue weighted by Crippen LogP contribution is 2.17. The van der Waals surface area contributed by atoms with Crippen molar-refractivity contribution >= 4 is 17.4 Å². The molecule has 1 heterocycles. The van der Waals surface area contributed by atoms with Gasteiger partial charge < -0.3 is 4.74 Å². The van der Waals surface area contributed by atoms with E-state index in [1.54, 1.807) is 13.3 Å². The van der Waals surface area contributed by atoms with E-state index in [2.05, 4.69) is 11.6 Å². The first-order valence-electron chi connectivity index (χ1n) is 6.00. The molecule has 0 atom stereocenters. The average molecular weight is 256 g/mol. The number of rotatable bonds is 2. The topological polar surface area (TPSA) is 22.1 Å². The molecule has 2 rings (SSSR count). The average Bonchev–Trinajstić information content (AvgIpc) is 3.22. The van der Waals surface area contributed by atoms with Gasteiger partial charge in [-0.3, -0.25) is 0 Å². The molecule has 1 fully saturated rings. The zero-order chi connectivity index (χ0) is 13.3. The first-order valence-corrected chi connectivity index (χ1v) is 6.38. The van der Waals surface area contributed by atoms with E-state index in [-0.39, 0.29) is 0 Å². The molecular formula is C14H22ClNO. The first-order chi connectivity index (χ1) is 8.15. The van der Waals surface area contributed by atoms with Crippen molar-refractivity contribution in [2.24, 2.45) is 0 Å². The maximum Gasteiger partial charge on any atom is 0.131 e. The minimum Gasteiger partial charge on any atom is -0.497 e. The maximum atomic E-state index is 5.75. The number of methoxy groups -OCH3 is 1. The van der Waals surface area contributed by atoms with Crippen molar-refractivity contribution in [1.29, 1.82) is 0 Å². The summed E-state index contributed by atoms with van der Waals surface area (Å²) < 4.78 is 4.95. The number of halogens is 1. The summed E-state index contributed by atoms with van der Waals surface area (Å²) >= 11 is 5.75. The predicted molar refractivity (Wildman–Crippen MR) is 75.2 cm³/mol. The van der Waals surface area contributed by atoms with Crippen LogP contribution in [0.4, 0.5) is 0 Å². The summed E-state index contributed by atoms with van der Waals surface area (Å²) in [4.78, 5) is 3.97. The zero-order valence-corrected chi connectivity index (χ0v) is 12.0. The highest BCUT2D eigenvalue weighted by atomic mass is 35.5. The lowest BCUT2D eigenvalue weighted by Crippen LogP contribution is -1.89. The third-order valence-electron chi connectivity index (χ3n) is 1.94. The number of ether oxygens (including phenoxy) is 1. The van der Waals surface area contributed by atoms with Gasteiger partial charge >= 0.3 is 0 Å². The van der Waals surface area contributed by atoms with Crippen LogP contribution < -0.4 is 0 Å². The second-order valence-corrected chi connectivity index (χ2v) is 3.88. The minimum atomic E-state index is 0.516. The van der Waals surface area contributed by atoms with Gasteiger partial charge in [-0.15, -0.1) is 0 Å². The van der Waals surface area contributed by atoms with E-state index < -0.39 is 0 Å². The summed E-state index contributed by atoms with van der Waals surface area (Å²) in [6.07, 6.45) is 6.14. The largest absolute Gasteiger partial charge is 0.497 e. The highest BCUT2D eigenvalue weighted by Gasteiger charge is 2.01. The van der Waals surface area contributed by atoms with Gasteiger partial charge in [0.05, 0.1) is 7.11 Å². The monoisotopic (exact) mass is 255 g/mol. The van der Waals surface area contributed by atoms with E-state index in [9.17, 15) is 0 Å². The Morgan fingerprint density at radius 3 is 2.24 bits per heavy atom. The molecule has 96 valence electrons. The van der Waals surface area contributed by atoms with Crippen LogP contribution in [0.25, 0.3) is 5.76 Å². The fraction of sp³-hybridized carbons (Fsp3) is 0.500. The summed E-state index contributed by atoms with van der Waals surface area (Å²) in [5.41, 5.74) is 1.78. The van der Waals surface area contributed by atoms with Crippen LogP contribution >= 0.6 is 11.6 Å². The molecular weight excluding hydrogens is 234 g/mol. The van der Waals surface area contributed by atoms with Gasteiger partial charge in [-0.05, 0) is 18.6 Å². The van der Waals surface area contributed by atoms with Gasteiger partial charge in [-0.25, -0.2) is 4.98 Å². The number of aryl methyl sites for hydroxylation is 1. The van der Waals surface area contributed by atoms with E-state index in [4.69, 9.17) is 16.3 Å². The molecule has 1 saturated carbocycles. The Bertz CT molecular complexity index is 345. The zero-order valence-electron chi connectivity index (χ0n) is 11.2. The molecule has 0 amide bonds. The molecule has 0 saturated heterocycles. The molecule has 0 radical (unpaired) electrons. The van der Waals surface area contributed by atoms with Crippen molar-refractivity contribution in [3.8, 4) is 0 Å². The molecule has 0 bridgehead atoms. The van der Waals surface area contributed by atoms with Crippen molar-refractivity contribution in [2.45, 2.75) is 40.0 Å². The van der Waals surface area contributed by atoms with E-state index in [1.807, 2.05) is 26.8 Å². The van der Waals surface area contributed by atoms with Gasteiger partial charge in [0.1, 0.15) is 10.9 Å². The van der Waals surface area contributed by atoms with Crippen molar-refractivity contribution in [2.75, 3.05) is 7.11 Å². The van der Waals surface area contributed by atoms with Crippen LogP contribution in [0, 0.1) is 6.92 Å². The number of aromatic nitrogens is 1. The molecule has 1 aliphatic carbocycles. The van der Waals surface area contributed by atoms with Crippen LogP contribution in [0.15, 0.2) is 18.8 Å². The second-order valence-electron chi connectivity index (χ2n) is 3.52. The molecule has 2 nitrogen and oxygen atoms in total. The predicted octanol–water partition coefficient (Wildman–Crippen LogP) is 4.86. The number of nitrogens with zero attached hydrogens (tertiary/aromatic N) is 1. The summed E-state index contributed by atoms with van der Waals surface area (Å²) in [6.45, 7) is 9.60. The molecule has 1 aliphatic rings. The van der Waals surface area contributed by atoms with Crippen LogP contribution in [0.3, 0.4) is 0 Å². The molecule has 0 aliphatic heterocycles. The van der Waals surface area contributed by atoms with Crippen LogP contribution in [0.1, 0.15) is 44.2 Å². The fourth-order valence-corrected chi connectivity index (χ4v) is 0.932. The van der Waals surface area contributed by atoms with E-state index >= 15 is 0 Å². The van der Waals surface area contributed by atoms with Crippen LogP contribution in [0.5, 0.6) is 0 Å². The van der Waals surface area contributed by atoms with Gasteiger partial charge in [0.15, 0.2) is 0 Å². The van der Waals surface area contributed by atoms with E-state index in [0.29, 0.717) is 10.9 Å². The molecule has 1 aromatic rings. The molecule has 1 aromatic heterocycles. The van der Waals surface area contributed by atoms with Crippen molar-refractivity contribution in [3.05, 3.63) is 35.1 Å². The third-order valence-corrected chi connectivity index (χ3v) is 2.33. The minimum absolute atomic E-state index is 0.516. The first kappa shape index (κ1) is 16.0. The Morgan fingerprint density at radius 1 is 1.35 bits per heavy atom. The Balaban J connectivity index is 0.000000429. The Morgan fingerprint density at radius 2 is 1.88 bits per heavy atom. The van der Waals surface area contributed by atoms with Gasteiger partial charge in [0, 0.05) is 11.8 Å². The van der Waals surface area contributed by atoms with Crippen LogP contribution in [-0.4, -0.2) is 12.1 Å². The Kier molecular flexibility index (Phi) is 8.51. The quantitative estimate of drug-likeness (QED) is 0.556.